The number of nitrogens with one attached hydrogen (secondary N) is 3. The number of hydrogen-bond acceptors (Lipinski definition) is 3. The van der Waals surface area contributed by atoms with Crippen LogP contribution in [-0.4, -0.2) is 50.2 Å². The van der Waals surface area contributed by atoms with Crippen LogP contribution >= 0.6 is 0 Å². The van der Waals surface area contributed by atoms with Crippen molar-refractivity contribution < 1.29 is 9.53 Å². The second kappa shape index (κ2) is 10.0. The number of hydrogen-bond donors (Lipinski definition) is 3. The van der Waals surface area contributed by atoms with Crippen molar-refractivity contribution in [1.29, 1.82) is 0 Å². The van der Waals surface area contributed by atoms with Crippen LogP contribution in [0.4, 0.5) is 0 Å². The molecule has 1 amide bonds. The number of carbonyl (C=O) groups excluding carboxylic acids is 1. The second-order valence-corrected chi connectivity index (χ2v) is 5.33. The predicted molar refractivity (Wildman–Crippen MR) is 99.1 cm³/mol. The van der Waals surface area contributed by atoms with Gasteiger partial charge in [-0.2, -0.15) is 0 Å². The van der Waals surface area contributed by atoms with Crippen molar-refractivity contribution >= 4 is 11.9 Å². The average Bonchev–Trinajstić information content (AvgIpc) is 3.17. The number of carbonyl (C=O) groups is 1. The van der Waals surface area contributed by atoms with Gasteiger partial charge in [0.2, 0.25) is 0 Å². The summed E-state index contributed by atoms with van der Waals surface area (Å²) in [5.74, 6) is 1.33. The largest absolute Gasteiger partial charge is 0.497 e. The Morgan fingerprint density at radius 2 is 1.68 bits per heavy atom. The molecule has 1 aromatic heterocycles. The lowest BCUT2D eigenvalue weighted by Crippen LogP contribution is -2.42. The lowest BCUT2D eigenvalue weighted by molar-refractivity contribution is 0.0954. The number of aromatic nitrogens is 1. The minimum absolute atomic E-state index is 0.111. The van der Waals surface area contributed by atoms with Crippen LogP contribution in [0.3, 0.4) is 0 Å². The molecule has 2 aromatic rings. The van der Waals surface area contributed by atoms with E-state index in [0.717, 1.165) is 18.8 Å². The van der Waals surface area contributed by atoms with E-state index in [1.807, 2.05) is 24.5 Å². The predicted octanol–water partition coefficient (Wildman–Crippen LogP) is 1.09. The van der Waals surface area contributed by atoms with Gasteiger partial charge in [0.1, 0.15) is 5.75 Å². The summed E-state index contributed by atoms with van der Waals surface area (Å²) in [4.78, 5) is 16.2. The van der Waals surface area contributed by atoms with Gasteiger partial charge in [0.15, 0.2) is 5.96 Å². The first kappa shape index (κ1) is 18.4. The molecule has 0 aliphatic heterocycles. The Morgan fingerprint density at radius 3 is 2.32 bits per heavy atom. The molecule has 1 aromatic carbocycles. The molecule has 0 fully saturated rings. The zero-order valence-electron chi connectivity index (χ0n) is 14.7. The van der Waals surface area contributed by atoms with Gasteiger partial charge in [-0.05, 0) is 36.4 Å². The average molecular weight is 343 g/mol. The van der Waals surface area contributed by atoms with Gasteiger partial charge in [-0.25, -0.2) is 0 Å². The highest BCUT2D eigenvalue weighted by molar-refractivity contribution is 5.94. The maximum Gasteiger partial charge on any atom is 0.251 e. The number of methoxy groups -OCH3 is 1. The third-order valence-electron chi connectivity index (χ3n) is 3.61. The quantitative estimate of drug-likeness (QED) is 0.381. The molecule has 0 saturated heterocycles. The van der Waals surface area contributed by atoms with Crippen molar-refractivity contribution in [2.24, 2.45) is 4.99 Å². The van der Waals surface area contributed by atoms with Gasteiger partial charge in [0.05, 0.1) is 7.11 Å². The van der Waals surface area contributed by atoms with E-state index in [4.69, 9.17) is 4.74 Å². The Morgan fingerprint density at radius 1 is 1.04 bits per heavy atom. The van der Waals surface area contributed by atoms with Crippen LogP contribution in [0, 0.1) is 0 Å². The third-order valence-corrected chi connectivity index (χ3v) is 3.61. The van der Waals surface area contributed by atoms with Gasteiger partial charge < -0.3 is 25.3 Å². The lowest BCUT2D eigenvalue weighted by Gasteiger charge is -2.12. The van der Waals surface area contributed by atoms with Crippen LogP contribution in [0.2, 0.25) is 0 Å². The first-order valence-corrected chi connectivity index (χ1v) is 8.20. The van der Waals surface area contributed by atoms with E-state index in [1.54, 1.807) is 38.4 Å². The second-order valence-electron chi connectivity index (χ2n) is 5.33. The third kappa shape index (κ3) is 6.21. The Bertz CT molecular complexity index is 665. The Kier molecular flexibility index (Phi) is 7.37. The van der Waals surface area contributed by atoms with Crippen LogP contribution in [0.15, 0.2) is 53.8 Å². The van der Waals surface area contributed by atoms with Crippen LogP contribution in [-0.2, 0) is 6.54 Å². The zero-order chi connectivity index (χ0) is 17.9. The highest BCUT2D eigenvalue weighted by atomic mass is 16.5. The topological polar surface area (TPSA) is 79.7 Å². The molecule has 0 unspecified atom stereocenters. The fraction of sp³-hybridized carbons (Fsp3) is 0.333. The highest BCUT2D eigenvalue weighted by Crippen LogP contribution is 2.10. The fourth-order valence-corrected chi connectivity index (χ4v) is 2.24. The molecule has 0 aliphatic rings. The van der Waals surface area contributed by atoms with Gasteiger partial charge in [0, 0.05) is 51.2 Å². The van der Waals surface area contributed by atoms with Gasteiger partial charge >= 0.3 is 0 Å². The van der Waals surface area contributed by atoms with E-state index < -0.39 is 0 Å². The van der Waals surface area contributed by atoms with Gasteiger partial charge in [-0.15, -0.1) is 0 Å². The van der Waals surface area contributed by atoms with Gasteiger partial charge in [0.25, 0.3) is 5.91 Å². The SMILES string of the molecule is CN=C(NCCNC(=O)c1ccc(OC)cc1)NCCn1cccc1. The van der Waals surface area contributed by atoms with Crippen LogP contribution in [0.1, 0.15) is 10.4 Å². The van der Waals surface area contributed by atoms with Gasteiger partial charge in [-0.1, -0.05) is 0 Å². The lowest BCUT2D eigenvalue weighted by atomic mass is 10.2. The molecule has 0 aliphatic carbocycles. The highest BCUT2D eigenvalue weighted by Gasteiger charge is 2.05. The van der Waals surface area contributed by atoms with Crippen molar-refractivity contribution in [2.75, 3.05) is 33.8 Å². The smallest absolute Gasteiger partial charge is 0.251 e. The molecule has 25 heavy (non-hydrogen) atoms. The molecule has 2 rings (SSSR count). The van der Waals surface area contributed by atoms with Crippen molar-refractivity contribution in [3.05, 3.63) is 54.4 Å². The number of guanidine groups is 1. The van der Waals surface area contributed by atoms with Crippen molar-refractivity contribution in [2.45, 2.75) is 6.54 Å². The van der Waals surface area contributed by atoms with E-state index in [9.17, 15) is 4.79 Å². The molecule has 0 spiro atoms. The minimum atomic E-state index is -0.111. The summed E-state index contributed by atoms with van der Waals surface area (Å²) in [7, 11) is 3.32. The number of ether oxygens (including phenoxy) is 1. The summed E-state index contributed by atoms with van der Waals surface area (Å²) >= 11 is 0. The molecule has 1 heterocycles. The first-order chi connectivity index (χ1) is 12.2. The summed E-state index contributed by atoms with van der Waals surface area (Å²) in [6, 6.07) is 11.0. The van der Waals surface area contributed by atoms with Crippen LogP contribution in [0.25, 0.3) is 0 Å². The summed E-state index contributed by atoms with van der Waals surface area (Å²) < 4.78 is 7.17. The Balaban J connectivity index is 1.63. The van der Waals surface area contributed by atoms with E-state index in [1.165, 1.54) is 0 Å². The molecular formula is C18H25N5O2. The van der Waals surface area contributed by atoms with E-state index in [-0.39, 0.29) is 5.91 Å². The van der Waals surface area contributed by atoms with Crippen molar-refractivity contribution in [1.82, 2.24) is 20.5 Å². The zero-order valence-corrected chi connectivity index (χ0v) is 14.7. The van der Waals surface area contributed by atoms with E-state index >= 15 is 0 Å². The molecule has 3 N–H and O–H groups in total. The molecule has 0 saturated carbocycles. The van der Waals surface area contributed by atoms with E-state index in [0.29, 0.717) is 24.6 Å². The summed E-state index contributed by atoms with van der Waals surface area (Å²) in [6.45, 7) is 2.72. The normalized spacial score (nSPS) is 11.0. The van der Waals surface area contributed by atoms with Crippen molar-refractivity contribution in [3.8, 4) is 5.75 Å². The molecule has 0 radical (unpaired) electrons. The summed E-state index contributed by atoms with van der Waals surface area (Å²) in [5, 5.41) is 9.27. The molecule has 0 atom stereocenters. The Labute approximate surface area is 148 Å². The monoisotopic (exact) mass is 343 g/mol. The number of rotatable bonds is 8. The molecule has 7 nitrogen and oxygen atoms in total. The van der Waals surface area contributed by atoms with Crippen LogP contribution in [0.5, 0.6) is 5.75 Å². The number of amides is 1. The molecule has 0 bridgehead atoms. The summed E-state index contributed by atoms with van der Waals surface area (Å²) in [6.07, 6.45) is 4.04. The number of nitrogens with zero attached hydrogens (tertiary/aromatic N) is 2. The minimum Gasteiger partial charge on any atom is -0.497 e. The molecule has 134 valence electrons. The summed E-state index contributed by atoms with van der Waals surface area (Å²) in [5.41, 5.74) is 0.607. The maximum atomic E-state index is 12.0. The first-order valence-electron chi connectivity index (χ1n) is 8.20. The molecular weight excluding hydrogens is 318 g/mol. The van der Waals surface area contributed by atoms with Crippen molar-refractivity contribution in [3.63, 3.8) is 0 Å². The number of benzene rings is 1. The van der Waals surface area contributed by atoms with Gasteiger partial charge in [-0.3, -0.25) is 9.79 Å². The standard InChI is InChI=1S/C18H25N5O2/c1-19-18(22-11-14-23-12-3-4-13-23)21-10-9-20-17(24)15-5-7-16(25-2)8-6-15/h3-8,12-13H,9-11,14H2,1-2H3,(H,20,24)(H2,19,21,22). The van der Waals surface area contributed by atoms with Crippen LogP contribution < -0.4 is 20.7 Å². The maximum absolute atomic E-state index is 12.0. The van der Waals surface area contributed by atoms with E-state index in [2.05, 4.69) is 25.5 Å². The fourth-order valence-electron chi connectivity index (χ4n) is 2.24. The molecule has 7 heteroatoms. The number of aliphatic imine (C=N–C) groups is 1. The Hall–Kier alpha value is -2.96.